The van der Waals surface area contributed by atoms with Gasteiger partial charge in [0, 0.05) is 11.4 Å². The van der Waals surface area contributed by atoms with Gasteiger partial charge in [-0.3, -0.25) is 4.79 Å². The predicted octanol–water partition coefficient (Wildman–Crippen LogP) is 0.0001000. The molecule has 0 aliphatic carbocycles. The van der Waals surface area contributed by atoms with Gasteiger partial charge in [-0.05, 0) is 13.3 Å². The molecule has 0 rings (SSSR count). The lowest BCUT2D eigenvalue weighted by molar-refractivity contribution is -0.136. The van der Waals surface area contributed by atoms with E-state index in [4.69, 9.17) is 16.6 Å². The van der Waals surface area contributed by atoms with Crippen molar-refractivity contribution in [2.45, 2.75) is 19.8 Å². The Morgan fingerprint density at radius 1 is 1.40 bits per heavy atom. The summed E-state index contributed by atoms with van der Waals surface area (Å²) in [5.41, 5.74) is 11.6. The molecule has 4 heteroatoms. The second-order valence-corrected chi connectivity index (χ2v) is 2.10. The molecule has 0 heterocycles. The van der Waals surface area contributed by atoms with E-state index in [-0.39, 0.29) is 6.42 Å². The van der Waals surface area contributed by atoms with Crippen LogP contribution in [0.1, 0.15) is 19.8 Å². The molecule has 0 aromatic carbocycles. The smallest absolute Gasteiger partial charge is 0.303 e. The van der Waals surface area contributed by atoms with Gasteiger partial charge >= 0.3 is 5.97 Å². The number of carbonyl (C=O) groups is 1. The van der Waals surface area contributed by atoms with Crippen LogP contribution in [0.4, 0.5) is 0 Å². The van der Waals surface area contributed by atoms with Crippen molar-refractivity contribution < 1.29 is 9.90 Å². The van der Waals surface area contributed by atoms with Gasteiger partial charge in [0.05, 0.1) is 6.42 Å². The summed E-state index contributed by atoms with van der Waals surface area (Å²) in [6, 6.07) is 0. The third kappa shape index (κ3) is 3.77. The maximum Gasteiger partial charge on any atom is 0.303 e. The van der Waals surface area contributed by atoms with Gasteiger partial charge in [0.25, 0.3) is 0 Å². The first-order valence-electron chi connectivity index (χ1n) is 2.96. The third-order valence-electron chi connectivity index (χ3n) is 1.11. The van der Waals surface area contributed by atoms with Crippen molar-refractivity contribution in [1.29, 1.82) is 0 Å². The summed E-state index contributed by atoms with van der Waals surface area (Å²) in [5.74, 6) is -0.857. The monoisotopic (exact) mass is 144 g/mol. The highest BCUT2D eigenvalue weighted by Crippen LogP contribution is 1.99. The number of hydrogen-bond donors (Lipinski definition) is 3. The lowest BCUT2D eigenvalue weighted by Crippen LogP contribution is -2.08. The molecule has 58 valence electrons. The molecule has 0 aliphatic rings. The number of carboxylic acids is 1. The van der Waals surface area contributed by atoms with E-state index in [0.717, 1.165) is 0 Å². The molecule has 0 aromatic heterocycles. The Kier molecular flexibility index (Phi) is 3.32. The molecule has 0 bridgehead atoms. The van der Waals surface area contributed by atoms with Gasteiger partial charge in [-0.2, -0.15) is 0 Å². The van der Waals surface area contributed by atoms with Gasteiger partial charge in [-0.1, -0.05) is 0 Å². The summed E-state index contributed by atoms with van der Waals surface area (Å²) in [4.78, 5) is 10.0. The highest BCUT2D eigenvalue weighted by molar-refractivity contribution is 5.67. The minimum atomic E-state index is -0.857. The molecule has 0 unspecified atom stereocenters. The van der Waals surface area contributed by atoms with Gasteiger partial charge in [0.15, 0.2) is 0 Å². The van der Waals surface area contributed by atoms with Gasteiger partial charge in [-0.15, -0.1) is 0 Å². The molecule has 4 nitrogen and oxygen atoms in total. The standard InChI is InChI=1S/C6H12N2O2/c1-4(7)5(8)2-3-6(9)10/h2-3,7-8H2,1H3,(H,9,10). The van der Waals surface area contributed by atoms with Crippen molar-refractivity contribution in [3.8, 4) is 0 Å². The number of hydrogen-bond acceptors (Lipinski definition) is 3. The molecule has 10 heavy (non-hydrogen) atoms. The summed E-state index contributed by atoms with van der Waals surface area (Å²) in [6.45, 7) is 1.65. The zero-order chi connectivity index (χ0) is 8.15. The average molecular weight is 144 g/mol. The number of rotatable bonds is 3. The summed E-state index contributed by atoms with van der Waals surface area (Å²) in [6.07, 6.45) is 0.373. The van der Waals surface area contributed by atoms with E-state index in [1.54, 1.807) is 6.92 Å². The first-order chi connectivity index (χ1) is 4.54. The Bertz CT molecular complexity index is 159. The molecule has 0 saturated carbocycles. The minimum Gasteiger partial charge on any atom is -0.481 e. The van der Waals surface area contributed by atoms with E-state index in [0.29, 0.717) is 17.8 Å². The molecule has 0 atom stereocenters. The van der Waals surface area contributed by atoms with Crippen molar-refractivity contribution in [1.82, 2.24) is 0 Å². The van der Waals surface area contributed by atoms with Crippen LogP contribution in [0.2, 0.25) is 0 Å². The van der Waals surface area contributed by atoms with E-state index in [1.165, 1.54) is 0 Å². The molecule has 0 aromatic rings. The van der Waals surface area contributed by atoms with E-state index in [9.17, 15) is 4.79 Å². The van der Waals surface area contributed by atoms with Crippen LogP contribution in [-0.4, -0.2) is 11.1 Å². The van der Waals surface area contributed by atoms with Crippen molar-refractivity contribution >= 4 is 5.97 Å². The fraction of sp³-hybridized carbons (Fsp3) is 0.500. The Hall–Kier alpha value is -1.19. The Morgan fingerprint density at radius 2 is 1.90 bits per heavy atom. The molecule has 5 N–H and O–H groups in total. The zero-order valence-electron chi connectivity index (χ0n) is 5.92. The summed E-state index contributed by atoms with van der Waals surface area (Å²) in [7, 11) is 0. The normalized spacial score (nSPS) is 12.5. The molecular weight excluding hydrogens is 132 g/mol. The fourth-order valence-electron chi connectivity index (χ4n) is 0.439. The van der Waals surface area contributed by atoms with Crippen LogP contribution in [0, 0.1) is 0 Å². The lowest BCUT2D eigenvalue weighted by Gasteiger charge is -1.99. The van der Waals surface area contributed by atoms with E-state index >= 15 is 0 Å². The third-order valence-corrected chi connectivity index (χ3v) is 1.11. The maximum absolute atomic E-state index is 10.0. The van der Waals surface area contributed by atoms with Crippen LogP contribution >= 0.6 is 0 Å². The first kappa shape index (κ1) is 8.81. The average Bonchev–Trinajstić information content (AvgIpc) is 1.82. The van der Waals surface area contributed by atoms with E-state index in [2.05, 4.69) is 0 Å². The van der Waals surface area contributed by atoms with Crippen molar-refractivity contribution in [2.24, 2.45) is 11.5 Å². The van der Waals surface area contributed by atoms with Gasteiger partial charge in [0.1, 0.15) is 0 Å². The minimum absolute atomic E-state index is 0.0420. The van der Waals surface area contributed by atoms with Crippen LogP contribution in [0.15, 0.2) is 11.4 Å². The highest BCUT2D eigenvalue weighted by Gasteiger charge is 1.98. The number of nitrogens with two attached hydrogens (primary N) is 2. The molecule has 0 fully saturated rings. The van der Waals surface area contributed by atoms with Crippen LogP contribution in [-0.2, 0) is 4.79 Å². The maximum atomic E-state index is 10.0. The molecule has 0 spiro atoms. The molecular formula is C6H12N2O2. The summed E-state index contributed by atoms with van der Waals surface area (Å²) in [5, 5.41) is 8.23. The molecule has 0 aliphatic heterocycles. The molecule has 0 radical (unpaired) electrons. The number of allylic oxidation sites excluding steroid dienone is 2. The molecule has 0 amide bonds. The van der Waals surface area contributed by atoms with Crippen LogP contribution in [0.3, 0.4) is 0 Å². The van der Waals surface area contributed by atoms with Crippen molar-refractivity contribution in [3.05, 3.63) is 11.4 Å². The fourth-order valence-corrected chi connectivity index (χ4v) is 0.439. The molecule has 0 saturated heterocycles. The van der Waals surface area contributed by atoms with E-state index in [1.807, 2.05) is 0 Å². The van der Waals surface area contributed by atoms with Crippen molar-refractivity contribution in [2.75, 3.05) is 0 Å². The lowest BCUT2D eigenvalue weighted by atomic mass is 10.2. The predicted molar refractivity (Wildman–Crippen MR) is 37.9 cm³/mol. The second-order valence-electron chi connectivity index (χ2n) is 2.10. The van der Waals surface area contributed by atoms with Gasteiger partial charge < -0.3 is 16.6 Å². The largest absolute Gasteiger partial charge is 0.481 e. The van der Waals surface area contributed by atoms with E-state index < -0.39 is 5.97 Å². The Balaban J connectivity index is 3.71. The summed E-state index contributed by atoms with van der Waals surface area (Å²) >= 11 is 0. The van der Waals surface area contributed by atoms with Crippen LogP contribution in [0.25, 0.3) is 0 Å². The number of aliphatic carboxylic acids is 1. The van der Waals surface area contributed by atoms with Crippen LogP contribution < -0.4 is 11.5 Å². The van der Waals surface area contributed by atoms with Gasteiger partial charge in [-0.25, -0.2) is 0 Å². The van der Waals surface area contributed by atoms with Gasteiger partial charge in [0.2, 0.25) is 0 Å². The topological polar surface area (TPSA) is 89.3 Å². The van der Waals surface area contributed by atoms with Crippen molar-refractivity contribution in [3.63, 3.8) is 0 Å². The Morgan fingerprint density at radius 3 is 2.20 bits per heavy atom. The SMILES string of the molecule is CC(N)=C(N)CCC(=O)O. The first-order valence-corrected chi connectivity index (χ1v) is 2.96. The Labute approximate surface area is 59.5 Å². The second kappa shape index (κ2) is 3.76. The quantitative estimate of drug-likeness (QED) is 0.520. The van der Waals surface area contributed by atoms with Crippen LogP contribution in [0.5, 0.6) is 0 Å². The highest BCUT2D eigenvalue weighted by atomic mass is 16.4. The number of carboxylic acid groups (broad SMARTS) is 1. The zero-order valence-corrected chi connectivity index (χ0v) is 5.92. The summed E-state index contributed by atoms with van der Waals surface area (Å²) < 4.78 is 0.